The fourth-order valence-corrected chi connectivity index (χ4v) is 5.58. The predicted octanol–water partition coefficient (Wildman–Crippen LogP) is -0.977. The Morgan fingerprint density at radius 2 is 1.61 bits per heavy atom. The molecule has 0 radical (unpaired) electrons. The Hall–Kier alpha value is -4.44. The van der Waals surface area contributed by atoms with Crippen LogP contribution in [0.4, 0.5) is 5.69 Å². The van der Waals surface area contributed by atoms with Crippen molar-refractivity contribution in [2.24, 2.45) is 28.1 Å². The van der Waals surface area contributed by atoms with Crippen LogP contribution in [-0.4, -0.2) is 114 Å². The molecule has 16 heteroatoms. The number of carboxylic acids is 1. The lowest BCUT2D eigenvalue weighted by molar-refractivity contribution is -0.147. The third-order valence-corrected chi connectivity index (χ3v) is 8.32. The minimum absolute atomic E-state index is 0.0300. The number of nitrogens with two attached hydrogens (primary N) is 3. The monoisotopic (exact) mass is 689 g/mol. The van der Waals surface area contributed by atoms with E-state index in [1.54, 1.807) is 0 Å². The molecule has 4 amide bonds. The summed E-state index contributed by atoms with van der Waals surface area (Å²) in [4.78, 5) is 72.8. The van der Waals surface area contributed by atoms with E-state index in [1.165, 1.54) is 11.8 Å². The van der Waals surface area contributed by atoms with E-state index in [-0.39, 0.29) is 37.7 Å². The molecule has 0 saturated carbocycles. The summed E-state index contributed by atoms with van der Waals surface area (Å²) < 4.78 is 0. The lowest BCUT2D eigenvalue weighted by atomic mass is 9.99. The number of carbonyl (C=O) groups excluding carboxylic acids is 4. The summed E-state index contributed by atoms with van der Waals surface area (Å²) in [6.45, 7) is 5.54. The highest BCUT2D eigenvalue weighted by Crippen LogP contribution is 2.21. The molecule has 0 aliphatic carbocycles. The van der Waals surface area contributed by atoms with Gasteiger partial charge in [0.05, 0.1) is 12.1 Å². The number of nitrogens with one attached hydrogen (secondary N) is 3. The van der Waals surface area contributed by atoms with Gasteiger partial charge >= 0.3 is 5.97 Å². The Balaban J connectivity index is 2.26. The van der Waals surface area contributed by atoms with E-state index in [4.69, 9.17) is 17.2 Å². The summed E-state index contributed by atoms with van der Waals surface area (Å²) in [5, 5.41) is 27.2. The number of likely N-dealkylation sites (tertiary alicyclic amines) is 1. The molecular formula is C33H55N9O7. The molecule has 1 fully saturated rings. The maximum absolute atomic E-state index is 13.9. The predicted molar refractivity (Wildman–Crippen MR) is 186 cm³/mol. The molecule has 49 heavy (non-hydrogen) atoms. The maximum Gasteiger partial charge on any atom is 0.328 e. The molecule has 2 rings (SSSR count). The van der Waals surface area contributed by atoms with Crippen molar-refractivity contribution >= 4 is 41.2 Å². The lowest BCUT2D eigenvalue weighted by Crippen LogP contribution is -2.59. The fourth-order valence-electron chi connectivity index (χ4n) is 5.58. The number of nitrogens with zero attached hydrogens (tertiary/aromatic N) is 3. The number of amides is 4. The van der Waals surface area contributed by atoms with Crippen molar-refractivity contribution in [1.29, 1.82) is 0 Å². The van der Waals surface area contributed by atoms with Gasteiger partial charge in [0, 0.05) is 32.9 Å². The number of carboxylic acid groups (broad SMARTS) is 1. The number of aliphatic hydroxyl groups excluding tert-OH is 1. The van der Waals surface area contributed by atoms with Crippen LogP contribution < -0.4 is 38.1 Å². The maximum atomic E-state index is 13.9. The molecule has 1 aromatic carbocycles. The number of aliphatic imine (C=N–C) groups is 1. The highest BCUT2D eigenvalue weighted by atomic mass is 16.4. The average Bonchev–Trinajstić information content (AvgIpc) is 3.52. The first-order chi connectivity index (χ1) is 23.0. The smallest absolute Gasteiger partial charge is 0.328 e. The number of hydrogen-bond acceptors (Lipinski definition) is 9. The second kappa shape index (κ2) is 19.5. The van der Waals surface area contributed by atoms with Gasteiger partial charge in [-0.2, -0.15) is 0 Å². The van der Waals surface area contributed by atoms with Gasteiger partial charge in [-0.25, -0.2) is 4.79 Å². The van der Waals surface area contributed by atoms with Crippen LogP contribution in [0.2, 0.25) is 0 Å². The third kappa shape index (κ3) is 13.2. The molecule has 6 atom stereocenters. The Labute approximate surface area is 288 Å². The summed E-state index contributed by atoms with van der Waals surface area (Å²) in [7, 11) is 3.86. The molecule has 274 valence electrons. The van der Waals surface area contributed by atoms with Crippen molar-refractivity contribution in [1.82, 2.24) is 20.9 Å². The zero-order valence-corrected chi connectivity index (χ0v) is 29.2. The molecule has 1 aliphatic heterocycles. The Morgan fingerprint density at radius 1 is 0.980 bits per heavy atom. The fraction of sp³-hybridized carbons (Fsp3) is 0.636. The standard InChI is InChI=1S/C33H55N9O7/c1-19(2)18-25(31(47)42-17-7-9-26(42)30(46)40-27(20(3)43)32(48)49)39-29(45)24(15-12-21-10-13-22(14-11-21)41(4)5)38-28(44)23(34)8-6-16-37-33(35)36/h10-11,13-14,19-20,23-27,43H,6-9,12,15-18,34H2,1-5H3,(H,38,44)(H,39,45)(H,40,46)(H,48,49)(H4,35,36,37)/t20-,23+,24+,25+,26+,27+/m1/s1. The summed E-state index contributed by atoms with van der Waals surface area (Å²) >= 11 is 0. The van der Waals surface area contributed by atoms with Crippen LogP contribution in [0, 0.1) is 5.92 Å². The van der Waals surface area contributed by atoms with Crippen molar-refractivity contribution in [2.45, 2.75) is 102 Å². The van der Waals surface area contributed by atoms with Crippen LogP contribution in [0.5, 0.6) is 0 Å². The highest BCUT2D eigenvalue weighted by Gasteiger charge is 2.40. The minimum atomic E-state index is -1.54. The van der Waals surface area contributed by atoms with Gasteiger partial charge in [-0.15, -0.1) is 0 Å². The average molecular weight is 690 g/mol. The van der Waals surface area contributed by atoms with Crippen LogP contribution in [0.1, 0.15) is 64.9 Å². The molecule has 1 aliphatic rings. The van der Waals surface area contributed by atoms with E-state index in [1.807, 2.05) is 57.1 Å². The molecule has 0 aromatic heterocycles. The van der Waals surface area contributed by atoms with Gasteiger partial charge in [-0.1, -0.05) is 26.0 Å². The number of carbonyl (C=O) groups is 5. The molecular weight excluding hydrogens is 634 g/mol. The van der Waals surface area contributed by atoms with E-state index in [2.05, 4.69) is 20.9 Å². The van der Waals surface area contributed by atoms with Gasteiger partial charge < -0.3 is 53.2 Å². The second-order valence-corrected chi connectivity index (χ2v) is 13.2. The van der Waals surface area contributed by atoms with E-state index < -0.39 is 65.9 Å². The Morgan fingerprint density at radius 3 is 2.16 bits per heavy atom. The third-order valence-electron chi connectivity index (χ3n) is 8.32. The Kier molecular flexibility index (Phi) is 16.2. The number of benzene rings is 1. The summed E-state index contributed by atoms with van der Waals surface area (Å²) in [5.74, 6) is -3.81. The molecule has 0 unspecified atom stereocenters. The van der Waals surface area contributed by atoms with Gasteiger partial charge in [-0.05, 0) is 75.5 Å². The number of hydrogen-bond donors (Lipinski definition) is 8. The topological polar surface area (TPSA) is 259 Å². The summed E-state index contributed by atoms with van der Waals surface area (Å²) in [6.07, 6.45) is 1.05. The zero-order chi connectivity index (χ0) is 36.8. The van der Waals surface area contributed by atoms with Gasteiger partial charge in [0.15, 0.2) is 12.0 Å². The first kappa shape index (κ1) is 40.7. The first-order valence-electron chi connectivity index (χ1n) is 16.7. The second-order valence-electron chi connectivity index (χ2n) is 13.2. The molecule has 1 heterocycles. The van der Waals surface area contributed by atoms with E-state index >= 15 is 0 Å². The molecule has 1 aromatic rings. The number of anilines is 1. The number of aliphatic hydroxyl groups is 1. The molecule has 0 spiro atoms. The van der Waals surface area contributed by atoms with Gasteiger partial charge in [0.25, 0.3) is 0 Å². The van der Waals surface area contributed by atoms with Crippen molar-refractivity contribution in [3.8, 4) is 0 Å². The lowest BCUT2D eigenvalue weighted by Gasteiger charge is -2.31. The number of guanidine groups is 1. The summed E-state index contributed by atoms with van der Waals surface area (Å²) in [5.41, 5.74) is 18.8. The Bertz CT molecular complexity index is 1300. The normalized spacial score (nSPS) is 17.3. The zero-order valence-electron chi connectivity index (χ0n) is 29.2. The van der Waals surface area contributed by atoms with Crippen LogP contribution in [0.3, 0.4) is 0 Å². The summed E-state index contributed by atoms with van der Waals surface area (Å²) in [6, 6.07) is 2.28. The molecule has 11 N–H and O–H groups in total. The number of aryl methyl sites for hydroxylation is 1. The van der Waals surface area contributed by atoms with E-state index in [0.29, 0.717) is 32.2 Å². The quantitative estimate of drug-likeness (QED) is 0.0498. The van der Waals surface area contributed by atoms with Crippen molar-refractivity contribution in [2.75, 3.05) is 32.1 Å². The van der Waals surface area contributed by atoms with Crippen molar-refractivity contribution in [3.05, 3.63) is 29.8 Å². The van der Waals surface area contributed by atoms with Crippen LogP contribution in [-0.2, 0) is 30.4 Å². The van der Waals surface area contributed by atoms with Crippen molar-refractivity contribution in [3.63, 3.8) is 0 Å². The van der Waals surface area contributed by atoms with Crippen molar-refractivity contribution < 1.29 is 34.2 Å². The van der Waals surface area contributed by atoms with Crippen LogP contribution in [0.25, 0.3) is 0 Å². The van der Waals surface area contributed by atoms with Crippen LogP contribution in [0.15, 0.2) is 29.3 Å². The van der Waals surface area contributed by atoms with Gasteiger partial charge in [0.1, 0.15) is 18.1 Å². The molecule has 1 saturated heterocycles. The molecule has 16 nitrogen and oxygen atoms in total. The van der Waals surface area contributed by atoms with E-state index in [0.717, 1.165) is 11.3 Å². The van der Waals surface area contributed by atoms with Gasteiger partial charge in [-0.3, -0.25) is 24.2 Å². The SMILES string of the molecule is CC(C)C[C@H](NC(=O)[C@H](CCc1ccc(N(C)C)cc1)NC(=O)[C@@H](N)CCCN=C(N)N)C(=O)N1CCC[C@H]1C(=O)N[C@H](C(=O)O)[C@@H](C)O. The van der Waals surface area contributed by atoms with E-state index in [9.17, 15) is 34.2 Å². The largest absolute Gasteiger partial charge is 0.480 e. The number of aliphatic carboxylic acids is 1. The number of rotatable bonds is 19. The van der Waals surface area contributed by atoms with Crippen LogP contribution >= 0.6 is 0 Å². The minimum Gasteiger partial charge on any atom is -0.480 e. The molecule has 0 bridgehead atoms. The van der Waals surface area contributed by atoms with Gasteiger partial charge in [0.2, 0.25) is 23.6 Å². The first-order valence-corrected chi connectivity index (χ1v) is 16.7. The highest BCUT2D eigenvalue weighted by molar-refractivity contribution is 5.95.